The molecule has 0 saturated heterocycles. The number of carbonyl (C=O) groups excluding carboxylic acids is 2. The van der Waals surface area contributed by atoms with Gasteiger partial charge in [0.1, 0.15) is 6.04 Å². The number of hydrogen-bond acceptors (Lipinski definition) is 5. The minimum absolute atomic E-state index is 0.0644. The van der Waals surface area contributed by atoms with Crippen LogP contribution in [0.25, 0.3) is 0 Å². The normalized spacial score (nSPS) is 16.0. The summed E-state index contributed by atoms with van der Waals surface area (Å²) in [6.07, 6.45) is 3.46. The summed E-state index contributed by atoms with van der Waals surface area (Å²) < 4.78 is 26.7. The van der Waals surface area contributed by atoms with Crippen molar-refractivity contribution >= 4 is 21.8 Å². The molecular formula is C17H21N3O4S. The Morgan fingerprint density at radius 3 is 2.52 bits per heavy atom. The second-order valence-electron chi connectivity index (χ2n) is 6.22. The van der Waals surface area contributed by atoms with E-state index in [0.29, 0.717) is 5.56 Å². The standard InChI is InChI=1S/C17H21N3O4S/c1-12(21)19-16(13-6-2-3-7-13)17(22)20-25(23,24)11-15-9-5-4-8-14(15)10-18/h4-5,8-9,13,16H,2-3,6-7,11H2,1H3,(H,19,21)(H,20,22). The third kappa shape index (κ3) is 5.29. The van der Waals surface area contributed by atoms with Gasteiger partial charge in [-0.25, -0.2) is 8.42 Å². The van der Waals surface area contributed by atoms with Crippen molar-refractivity contribution in [1.29, 1.82) is 5.26 Å². The molecule has 25 heavy (non-hydrogen) atoms. The molecule has 1 unspecified atom stereocenters. The predicted molar refractivity (Wildman–Crippen MR) is 91.5 cm³/mol. The molecule has 2 amide bonds. The van der Waals surface area contributed by atoms with Crippen LogP contribution in [0.2, 0.25) is 0 Å². The molecule has 2 N–H and O–H groups in total. The molecule has 8 heteroatoms. The average molecular weight is 363 g/mol. The van der Waals surface area contributed by atoms with E-state index in [2.05, 4.69) is 5.32 Å². The first-order chi connectivity index (χ1) is 11.8. The number of nitriles is 1. The van der Waals surface area contributed by atoms with E-state index >= 15 is 0 Å². The summed E-state index contributed by atoms with van der Waals surface area (Å²) in [6, 6.07) is 7.39. The van der Waals surface area contributed by atoms with Gasteiger partial charge in [0.25, 0.3) is 5.91 Å². The number of carbonyl (C=O) groups is 2. The number of amides is 2. The van der Waals surface area contributed by atoms with Crippen LogP contribution in [-0.2, 0) is 25.4 Å². The second kappa shape index (κ2) is 8.12. The van der Waals surface area contributed by atoms with Crippen LogP contribution < -0.4 is 10.0 Å². The molecule has 1 aliphatic carbocycles. The molecule has 0 radical (unpaired) electrons. The van der Waals surface area contributed by atoms with E-state index in [1.807, 2.05) is 10.8 Å². The first kappa shape index (κ1) is 18.9. The Bertz CT molecular complexity index is 792. The van der Waals surface area contributed by atoms with E-state index < -0.39 is 27.7 Å². The first-order valence-corrected chi connectivity index (χ1v) is 9.77. The van der Waals surface area contributed by atoms with Crippen molar-refractivity contribution in [2.24, 2.45) is 5.92 Å². The highest BCUT2D eigenvalue weighted by molar-refractivity contribution is 7.89. The maximum Gasteiger partial charge on any atom is 0.256 e. The molecule has 0 heterocycles. The quantitative estimate of drug-likeness (QED) is 0.788. The van der Waals surface area contributed by atoms with Gasteiger partial charge in [-0.15, -0.1) is 0 Å². The van der Waals surface area contributed by atoms with Gasteiger partial charge >= 0.3 is 0 Å². The molecule has 1 aromatic carbocycles. The Morgan fingerprint density at radius 1 is 1.28 bits per heavy atom. The summed E-state index contributed by atoms with van der Waals surface area (Å²) in [5.74, 6) is -1.64. The SMILES string of the molecule is CC(=O)NC(C(=O)NS(=O)(=O)Cc1ccccc1C#N)C1CCCC1. The highest BCUT2D eigenvalue weighted by Gasteiger charge is 2.33. The highest BCUT2D eigenvalue weighted by atomic mass is 32.2. The molecule has 1 aliphatic rings. The zero-order valence-electron chi connectivity index (χ0n) is 14.0. The zero-order chi connectivity index (χ0) is 18.4. The third-order valence-corrected chi connectivity index (χ3v) is 5.46. The molecule has 0 aromatic heterocycles. The lowest BCUT2D eigenvalue weighted by atomic mass is 9.97. The molecule has 0 aliphatic heterocycles. The van der Waals surface area contributed by atoms with E-state index in [4.69, 9.17) is 5.26 Å². The third-order valence-electron chi connectivity index (χ3n) is 4.25. The van der Waals surface area contributed by atoms with Crippen molar-refractivity contribution in [3.05, 3.63) is 35.4 Å². The lowest BCUT2D eigenvalue weighted by Gasteiger charge is -2.23. The van der Waals surface area contributed by atoms with E-state index in [-0.39, 0.29) is 17.4 Å². The van der Waals surface area contributed by atoms with E-state index in [1.54, 1.807) is 12.1 Å². The molecule has 1 saturated carbocycles. The summed E-state index contributed by atoms with van der Waals surface area (Å²) in [5, 5.41) is 11.6. The average Bonchev–Trinajstić information content (AvgIpc) is 3.06. The Hall–Kier alpha value is -2.40. The number of benzene rings is 1. The number of nitrogens with one attached hydrogen (secondary N) is 2. The molecule has 1 atom stereocenters. The summed E-state index contributed by atoms with van der Waals surface area (Å²) in [7, 11) is -3.98. The fourth-order valence-electron chi connectivity index (χ4n) is 3.12. The molecule has 1 aromatic rings. The van der Waals surface area contributed by atoms with Crippen molar-refractivity contribution < 1.29 is 18.0 Å². The molecule has 0 spiro atoms. The second-order valence-corrected chi connectivity index (χ2v) is 7.94. The Balaban J connectivity index is 2.12. The van der Waals surface area contributed by atoms with Crippen molar-refractivity contribution in [2.45, 2.75) is 44.4 Å². The monoisotopic (exact) mass is 363 g/mol. The number of rotatable bonds is 6. The van der Waals surface area contributed by atoms with Gasteiger partial charge in [0.2, 0.25) is 15.9 Å². The minimum atomic E-state index is -3.98. The molecule has 2 rings (SSSR count). The van der Waals surface area contributed by atoms with E-state index in [9.17, 15) is 18.0 Å². The maximum atomic E-state index is 12.5. The van der Waals surface area contributed by atoms with Crippen molar-refractivity contribution in [3.63, 3.8) is 0 Å². The van der Waals surface area contributed by atoms with Gasteiger partial charge in [0.05, 0.1) is 17.4 Å². The predicted octanol–water partition coefficient (Wildman–Crippen LogP) is 1.20. The van der Waals surface area contributed by atoms with E-state index in [0.717, 1.165) is 25.7 Å². The van der Waals surface area contributed by atoms with Gasteiger partial charge in [-0.2, -0.15) is 5.26 Å². The van der Waals surface area contributed by atoms with Crippen LogP contribution in [0.1, 0.15) is 43.7 Å². The van der Waals surface area contributed by atoms with Gasteiger partial charge in [-0.05, 0) is 30.4 Å². The topological polar surface area (TPSA) is 116 Å². The number of hydrogen-bond donors (Lipinski definition) is 2. The fraction of sp³-hybridized carbons (Fsp3) is 0.471. The highest BCUT2D eigenvalue weighted by Crippen LogP contribution is 2.28. The van der Waals surface area contributed by atoms with Crippen LogP contribution in [0, 0.1) is 17.2 Å². The summed E-state index contributed by atoms with van der Waals surface area (Å²) in [6.45, 7) is 1.30. The number of sulfonamides is 1. The summed E-state index contributed by atoms with van der Waals surface area (Å²) in [4.78, 5) is 23.8. The number of nitrogens with zero attached hydrogens (tertiary/aromatic N) is 1. The lowest BCUT2D eigenvalue weighted by molar-refractivity contribution is -0.128. The Labute approximate surface area is 147 Å². The summed E-state index contributed by atoms with van der Waals surface area (Å²) >= 11 is 0. The van der Waals surface area contributed by atoms with Crippen molar-refractivity contribution in [3.8, 4) is 6.07 Å². The van der Waals surface area contributed by atoms with Gasteiger partial charge < -0.3 is 5.32 Å². The largest absolute Gasteiger partial charge is 0.344 e. The molecule has 0 bridgehead atoms. The van der Waals surface area contributed by atoms with Crippen LogP contribution in [-0.4, -0.2) is 26.3 Å². The zero-order valence-corrected chi connectivity index (χ0v) is 14.8. The van der Waals surface area contributed by atoms with Crippen molar-refractivity contribution in [1.82, 2.24) is 10.0 Å². The van der Waals surface area contributed by atoms with Crippen LogP contribution >= 0.6 is 0 Å². The van der Waals surface area contributed by atoms with Gasteiger partial charge in [0, 0.05) is 6.92 Å². The fourth-order valence-corrected chi connectivity index (χ4v) is 4.29. The van der Waals surface area contributed by atoms with Gasteiger partial charge in [-0.1, -0.05) is 31.0 Å². The Kier molecular flexibility index (Phi) is 6.15. The molecular weight excluding hydrogens is 342 g/mol. The van der Waals surface area contributed by atoms with Crippen LogP contribution in [0.3, 0.4) is 0 Å². The van der Waals surface area contributed by atoms with E-state index in [1.165, 1.54) is 19.1 Å². The molecule has 134 valence electrons. The maximum absolute atomic E-state index is 12.5. The van der Waals surface area contributed by atoms with Crippen LogP contribution in [0.15, 0.2) is 24.3 Å². The molecule has 7 nitrogen and oxygen atoms in total. The van der Waals surface area contributed by atoms with Gasteiger partial charge in [-0.3, -0.25) is 14.3 Å². The van der Waals surface area contributed by atoms with Crippen LogP contribution in [0.4, 0.5) is 0 Å². The Morgan fingerprint density at radius 2 is 1.92 bits per heavy atom. The van der Waals surface area contributed by atoms with Crippen molar-refractivity contribution in [2.75, 3.05) is 0 Å². The summed E-state index contributed by atoms with van der Waals surface area (Å²) in [5.41, 5.74) is 0.566. The minimum Gasteiger partial charge on any atom is -0.344 e. The lowest BCUT2D eigenvalue weighted by Crippen LogP contribution is -2.51. The van der Waals surface area contributed by atoms with Gasteiger partial charge in [0.15, 0.2) is 0 Å². The smallest absolute Gasteiger partial charge is 0.256 e. The first-order valence-electron chi connectivity index (χ1n) is 8.12. The molecule has 1 fully saturated rings. The van der Waals surface area contributed by atoms with Crippen LogP contribution in [0.5, 0.6) is 0 Å².